The lowest BCUT2D eigenvalue weighted by Crippen LogP contribution is -1.94. The number of aryl methyl sites for hydroxylation is 1. The van der Waals surface area contributed by atoms with Gasteiger partial charge in [0, 0.05) is 22.9 Å². The SMILES string of the molecule is CNc1cc(C)c(N)cc1Br. The van der Waals surface area contributed by atoms with Crippen LogP contribution >= 0.6 is 15.9 Å². The predicted octanol–water partition coefficient (Wildman–Crippen LogP) is 2.38. The van der Waals surface area contributed by atoms with Crippen molar-refractivity contribution in [3.05, 3.63) is 22.2 Å². The van der Waals surface area contributed by atoms with Gasteiger partial charge in [-0.25, -0.2) is 0 Å². The summed E-state index contributed by atoms with van der Waals surface area (Å²) >= 11 is 3.40. The van der Waals surface area contributed by atoms with Gasteiger partial charge in [0.1, 0.15) is 0 Å². The molecule has 0 unspecified atom stereocenters. The third-order valence-electron chi connectivity index (χ3n) is 1.63. The summed E-state index contributed by atoms with van der Waals surface area (Å²) in [6, 6.07) is 3.92. The molecule has 0 bridgehead atoms. The molecule has 1 aromatic carbocycles. The first-order chi connectivity index (χ1) is 5.15. The van der Waals surface area contributed by atoms with Crippen LogP contribution in [0, 0.1) is 6.92 Å². The number of nitrogen functional groups attached to an aromatic ring is 1. The average molecular weight is 215 g/mol. The Bertz CT molecular complexity index is 271. The van der Waals surface area contributed by atoms with Crippen LogP contribution in [0.3, 0.4) is 0 Å². The zero-order valence-electron chi connectivity index (χ0n) is 6.61. The molecule has 0 aliphatic heterocycles. The molecule has 0 aromatic heterocycles. The van der Waals surface area contributed by atoms with Crippen LogP contribution in [0.5, 0.6) is 0 Å². The van der Waals surface area contributed by atoms with E-state index in [0.717, 1.165) is 21.4 Å². The highest BCUT2D eigenvalue weighted by Crippen LogP contribution is 2.26. The van der Waals surface area contributed by atoms with Crippen molar-refractivity contribution in [2.75, 3.05) is 18.1 Å². The van der Waals surface area contributed by atoms with Crippen LogP contribution in [0.15, 0.2) is 16.6 Å². The second kappa shape index (κ2) is 3.13. The number of anilines is 2. The summed E-state index contributed by atoms with van der Waals surface area (Å²) < 4.78 is 1.00. The molecule has 1 rings (SSSR count). The molecule has 2 nitrogen and oxygen atoms in total. The molecule has 0 radical (unpaired) electrons. The third-order valence-corrected chi connectivity index (χ3v) is 2.28. The van der Waals surface area contributed by atoms with Crippen molar-refractivity contribution in [1.82, 2.24) is 0 Å². The minimum Gasteiger partial charge on any atom is -0.398 e. The monoisotopic (exact) mass is 214 g/mol. The lowest BCUT2D eigenvalue weighted by molar-refractivity contribution is 1.41. The van der Waals surface area contributed by atoms with Crippen LogP contribution in [-0.2, 0) is 0 Å². The van der Waals surface area contributed by atoms with Gasteiger partial charge in [-0.1, -0.05) is 0 Å². The van der Waals surface area contributed by atoms with Crippen molar-refractivity contribution in [2.24, 2.45) is 0 Å². The number of nitrogens with two attached hydrogens (primary N) is 1. The molecule has 3 heteroatoms. The molecular weight excluding hydrogens is 204 g/mol. The highest BCUT2D eigenvalue weighted by Gasteiger charge is 2.00. The van der Waals surface area contributed by atoms with E-state index in [9.17, 15) is 0 Å². The quantitative estimate of drug-likeness (QED) is 0.706. The zero-order chi connectivity index (χ0) is 8.43. The van der Waals surface area contributed by atoms with Gasteiger partial charge in [0.25, 0.3) is 0 Å². The summed E-state index contributed by atoms with van der Waals surface area (Å²) in [6.07, 6.45) is 0. The minimum absolute atomic E-state index is 0.816. The molecule has 11 heavy (non-hydrogen) atoms. The van der Waals surface area contributed by atoms with E-state index in [-0.39, 0.29) is 0 Å². The van der Waals surface area contributed by atoms with E-state index >= 15 is 0 Å². The first-order valence-corrected chi connectivity index (χ1v) is 4.18. The van der Waals surface area contributed by atoms with Crippen LogP contribution in [0.4, 0.5) is 11.4 Å². The van der Waals surface area contributed by atoms with Crippen molar-refractivity contribution >= 4 is 27.3 Å². The summed E-state index contributed by atoms with van der Waals surface area (Å²) in [4.78, 5) is 0. The second-order valence-electron chi connectivity index (χ2n) is 2.44. The summed E-state index contributed by atoms with van der Waals surface area (Å²) in [6.45, 7) is 1.99. The first kappa shape index (κ1) is 8.40. The lowest BCUT2D eigenvalue weighted by Gasteiger charge is -2.06. The number of hydrogen-bond acceptors (Lipinski definition) is 2. The fourth-order valence-corrected chi connectivity index (χ4v) is 1.45. The normalized spacial score (nSPS) is 9.73. The molecule has 0 aliphatic carbocycles. The van der Waals surface area contributed by atoms with Gasteiger partial charge in [-0.05, 0) is 40.5 Å². The van der Waals surface area contributed by atoms with E-state index in [2.05, 4.69) is 21.2 Å². The molecule has 0 heterocycles. The van der Waals surface area contributed by atoms with Crippen LogP contribution < -0.4 is 11.1 Å². The summed E-state index contributed by atoms with van der Waals surface area (Å²) in [5.74, 6) is 0. The standard InChI is InChI=1S/C8H11BrN2/c1-5-3-8(11-2)6(9)4-7(5)10/h3-4,11H,10H2,1-2H3. The Labute approximate surface area is 74.9 Å². The Morgan fingerprint density at radius 3 is 2.64 bits per heavy atom. The largest absolute Gasteiger partial charge is 0.398 e. The first-order valence-electron chi connectivity index (χ1n) is 3.38. The molecule has 3 N–H and O–H groups in total. The van der Waals surface area contributed by atoms with Crippen LogP contribution in [0.25, 0.3) is 0 Å². The molecule has 0 saturated carbocycles. The Morgan fingerprint density at radius 1 is 1.45 bits per heavy atom. The number of hydrogen-bond donors (Lipinski definition) is 2. The van der Waals surface area contributed by atoms with E-state index in [0.29, 0.717) is 0 Å². The fourth-order valence-electron chi connectivity index (χ4n) is 0.888. The Kier molecular flexibility index (Phi) is 2.39. The molecule has 0 atom stereocenters. The van der Waals surface area contributed by atoms with Crippen molar-refractivity contribution in [3.63, 3.8) is 0 Å². The third kappa shape index (κ3) is 1.66. The van der Waals surface area contributed by atoms with E-state index in [1.807, 2.05) is 26.1 Å². The number of halogens is 1. The van der Waals surface area contributed by atoms with Gasteiger partial charge in [0.2, 0.25) is 0 Å². The van der Waals surface area contributed by atoms with Gasteiger partial charge in [-0.2, -0.15) is 0 Å². The van der Waals surface area contributed by atoms with Gasteiger partial charge in [0.05, 0.1) is 0 Å². The summed E-state index contributed by atoms with van der Waals surface area (Å²) in [7, 11) is 1.88. The van der Waals surface area contributed by atoms with Crippen LogP contribution in [-0.4, -0.2) is 7.05 Å². The van der Waals surface area contributed by atoms with Gasteiger partial charge in [0.15, 0.2) is 0 Å². The molecule has 0 amide bonds. The lowest BCUT2D eigenvalue weighted by atomic mass is 10.2. The highest BCUT2D eigenvalue weighted by molar-refractivity contribution is 9.10. The highest BCUT2D eigenvalue weighted by atomic mass is 79.9. The zero-order valence-corrected chi connectivity index (χ0v) is 8.20. The topological polar surface area (TPSA) is 38.0 Å². The van der Waals surface area contributed by atoms with Gasteiger partial charge in [-0.15, -0.1) is 0 Å². The summed E-state index contributed by atoms with van der Waals surface area (Å²) in [5.41, 5.74) is 8.66. The Morgan fingerprint density at radius 2 is 2.09 bits per heavy atom. The Hall–Kier alpha value is -0.700. The number of benzene rings is 1. The van der Waals surface area contributed by atoms with Gasteiger partial charge >= 0.3 is 0 Å². The van der Waals surface area contributed by atoms with E-state index < -0.39 is 0 Å². The molecule has 60 valence electrons. The van der Waals surface area contributed by atoms with E-state index in [1.54, 1.807) is 0 Å². The minimum atomic E-state index is 0.816. The Balaban J connectivity index is 3.21. The van der Waals surface area contributed by atoms with E-state index in [4.69, 9.17) is 5.73 Å². The van der Waals surface area contributed by atoms with Crippen molar-refractivity contribution < 1.29 is 0 Å². The molecule has 1 aromatic rings. The maximum atomic E-state index is 5.69. The van der Waals surface area contributed by atoms with Crippen LogP contribution in [0.1, 0.15) is 5.56 Å². The van der Waals surface area contributed by atoms with Gasteiger partial charge < -0.3 is 11.1 Å². The fraction of sp³-hybridized carbons (Fsp3) is 0.250. The predicted molar refractivity (Wildman–Crippen MR) is 52.8 cm³/mol. The second-order valence-corrected chi connectivity index (χ2v) is 3.29. The van der Waals surface area contributed by atoms with Crippen molar-refractivity contribution in [3.8, 4) is 0 Å². The molecule has 0 fully saturated rings. The molecule has 0 aliphatic rings. The average Bonchev–Trinajstić information content (AvgIpc) is 1.97. The smallest absolute Gasteiger partial charge is 0.0486 e. The van der Waals surface area contributed by atoms with E-state index in [1.165, 1.54) is 0 Å². The summed E-state index contributed by atoms with van der Waals surface area (Å²) in [5, 5.41) is 3.06. The van der Waals surface area contributed by atoms with Gasteiger partial charge in [-0.3, -0.25) is 0 Å². The molecule has 0 saturated heterocycles. The maximum Gasteiger partial charge on any atom is 0.0486 e. The maximum absolute atomic E-state index is 5.69. The van der Waals surface area contributed by atoms with Crippen LogP contribution in [0.2, 0.25) is 0 Å². The van der Waals surface area contributed by atoms with Crippen molar-refractivity contribution in [2.45, 2.75) is 6.92 Å². The molecular formula is C8H11BrN2. The number of rotatable bonds is 1. The number of nitrogens with one attached hydrogen (secondary N) is 1. The molecule has 0 spiro atoms. The van der Waals surface area contributed by atoms with Crippen molar-refractivity contribution in [1.29, 1.82) is 0 Å².